The molecule has 2 N–H and O–H groups in total. The van der Waals surface area contributed by atoms with Gasteiger partial charge in [-0.25, -0.2) is 8.78 Å². The van der Waals surface area contributed by atoms with E-state index in [2.05, 4.69) is 10.6 Å². The van der Waals surface area contributed by atoms with Crippen LogP contribution in [0.2, 0.25) is 0 Å². The molecule has 1 saturated heterocycles. The van der Waals surface area contributed by atoms with Crippen molar-refractivity contribution < 1.29 is 18.4 Å². The molecule has 0 aliphatic carbocycles. The molecule has 2 unspecified atom stereocenters. The number of carbonyl (C=O) groups is 2. The Bertz CT molecular complexity index is 627. The van der Waals surface area contributed by atoms with Crippen LogP contribution in [0.4, 0.5) is 20.2 Å². The predicted molar refractivity (Wildman–Crippen MR) is 88.8 cm³/mol. The maximum atomic E-state index is 13.9. The Hall–Kier alpha value is -2.18. The van der Waals surface area contributed by atoms with Crippen LogP contribution in [0, 0.1) is 11.6 Å². The first-order chi connectivity index (χ1) is 11.3. The van der Waals surface area contributed by atoms with Crippen LogP contribution < -0.4 is 10.6 Å². The van der Waals surface area contributed by atoms with Crippen LogP contribution in [-0.4, -0.2) is 35.3 Å². The number of nitrogens with zero attached hydrogens (tertiary/aromatic N) is 1. The zero-order valence-corrected chi connectivity index (χ0v) is 14.2. The minimum atomic E-state index is -0.863. The van der Waals surface area contributed by atoms with Crippen molar-refractivity contribution in [3.63, 3.8) is 0 Å². The summed E-state index contributed by atoms with van der Waals surface area (Å²) in [7, 11) is 0. The predicted octanol–water partition coefficient (Wildman–Crippen LogP) is 3.12. The second-order valence-corrected chi connectivity index (χ2v) is 6.28. The SMILES string of the molecule is CC(=O)Nc1cc(NCC(=O)N2C(C)CCCC2C)c(F)cc1F. The first-order valence-electron chi connectivity index (χ1n) is 8.11. The van der Waals surface area contributed by atoms with E-state index in [1.54, 1.807) is 0 Å². The van der Waals surface area contributed by atoms with Gasteiger partial charge in [0.1, 0.15) is 11.6 Å². The van der Waals surface area contributed by atoms with E-state index in [9.17, 15) is 18.4 Å². The summed E-state index contributed by atoms with van der Waals surface area (Å²) in [6, 6.07) is 2.14. The highest BCUT2D eigenvalue weighted by Crippen LogP contribution is 2.25. The van der Waals surface area contributed by atoms with Gasteiger partial charge in [0.05, 0.1) is 17.9 Å². The van der Waals surface area contributed by atoms with Gasteiger partial charge in [-0.3, -0.25) is 9.59 Å². The Kier molecular flexibility index (Phi) is 5.75. The topological polar surface area (TPSA) is 61.4 Å². The fraction of sp³-hybridized carbons (Fsp3) is 0.529. The number of piperidine rings is 1. The third-order valence-corrected chi connectivity index (χ3v) is 4.28. The minimum absolute atomic E-state index is 0.0224. The quantitative estimate of drug-likeness (QED) is 0.886. The summed E-state index contributed by atoms with van der Waals surface area (Å²) >= 11 is 0. The van der Waals surface area contributed by atoms with Gasteiger partial charge < -0.3 is 15.5 Å². The lowest BCUT2D eigenvalue weighted by atomic mass is 9.97. The van der Waals surface area contributed by atoms with E-state index in [4.69, 9.17) is 0 Å². The zero-order chi connectivity index (χ0) is 17.9. The smallest absolute Gasteiger partial charge is 0.242 e. The van der Waals surface area contributed by atoms with Gasteiger partial charge in [-0.1, -0.05) is 0 Å². The van der Waals surface area contributed by atoms with E-state index < -0.39 is 17.5 Å². The number of halogens is 2. The third kappa shape index (κ3) is 4.21. The summed E-state index contributed by atoms with van der Waals surface area (Å²) in [6.07, 6.45) is 2.99. The van der Waals surface area contributed by atoms with Crippen LogP contribution in [0.15, 0.2) is 12.1 Å². The lowest BCUT2D eigenvalue weighted by Crippen LogP contribution is -2.49. The van der Waals surface area contributed by atoms with Crippen LogP contribution in [-0.2, 0) is 9.59 Å². The fourth-order valence-electron chi connectivity index (χ4n) is 3.14. The average Bonchev–Trinajstić information content (AvgIpc) is 2.48. The van der Waals surface area contributed by atoms with Gasteiger partial charge in [0.2, 0.25) is 11.8 Å². The van der Waals surface area contributed by atoms with Crippen molar-refractivity contribution in [2.45, 2.75) is 52.1 Å². The Morgan fingerprint density at radius 3 is 2.29 bits per heavy atom. The van der Waals surface area contributed by atoms with Gasteiger partial charge in [0, 0.05) is 25.1 Å². The average molecular weight is 339 g/mol. The Morgan fingerprint density at radius 2 is 1.71 bits per heavy atom. The Labute approximate surface area is 140 Å². The van der Waals surface area contributed by atoms with E-state index in [0.29, 0.717) is 6.07 Å². The van der Waals surface area contributed by atoms with Crippen molar-refractivity contribution in [2.24, 2.45) is 0 Å². The van der Waals surface area contributed by atoms with Crippen LogP contribution >= 0.6 is 0 Å². The van der Waals surface area contributed by atoms with Crippen LogP contribution in [0.3, 0.4) is 0 Å². The highest BCUT2D eigenvalue weighted by Gasteiger charge is 2.28. The van der Waals surface area contributed by atoms with Crippen LogP contribution in [0.5, 0.6) is 0 Å². The van der Waals surface area contributed by atoms with Crippen molar-refractivity contribution in [2.75, 3.05) is 17.2 Å². The van der Waals surface area contributed by atoms with E-state index in [0.717, 1.165) is 25.3 Å². The number of rotatable bonds is 4. The molecule has 1 fully saturated rings. The highest BCUT2D eigenvalue weighted by atomic mass is 19.1. The monoisotopic (exact) mass is 339 g/mol. The first-order valence-corrected chi connectivity index (χ1v) is 8.11. The number of hydrogen-bond donors (Lipinski definition) is 2. The number of benzene rings is 1. The van der Waals surface area contributed by atoms with Gasteiger partial charge in [-0.2, -0.15) is 0 Å². The minimum Gasteiger partial charge on any atom is -0.374 e. The molecule has 0 aromatic heterocycles. The van der Waals surface area contributed by atoms with Gasteiger partial charge in [-0.15, -0.1) is 0 Å². The van der Waals surface area contributed by atoms with Crippen molar-refractivity contribution in [3.05, 3.63) is 23.8 Å². The molecule has 5 nitrogen and oxygen atoms in total. The normalized spacial score (nSPS) is 20.6. The maximum absolute atomic E-state index is 13.9. The van der Waals surface area contributed by atoms with E-state index in [-0.39, 0.29) is 35.9 Å². The number of amides is 2. The van der Waals surface area contributed by atoms with Crippen molar-refractivity contribution >= 4 is 23.2 Å². The first kappa shape index (κ1) is 18.2. The van der Waals surface area contributed by atoms with E-state index >= 15 is 0 Å². The molecule has 1 aliphatic rings. The molecule has 0 bridgehead atoms. The number of carbonyl (C=O) groups excluding carboxylic acids is 2. The maximum Gasteiger partial charge on any atom is 0.242 e. The zero-order valence-electron chi connectivity index (χ0n) is 14.2. The number of anilines is 2. The molecule has 1 aliphatic heterocycles. The third-order valence-electron chi connectivity index (χ3n) is 4.28. The van der Waals surface area contributed by atoms with Gasteiger partial charge in [-0.05, 0) is 39.2 Å². The highest BCUT2D eigenvalue weighted by molar-refractivity contribution is 5.89. The standard InChI is InChI=1S/C17H23F2N3O2/c1-10-5-4-6-11(2)22(10)17(24)9-20-15-8-16(21-12(3)23)14(19)7-13(15)18/h7-8,10-11,20H,4-6,9H2,1-3H3,(H,21,23). The second-order valence-electron chi connectivity index (χ2n) is 6.28. The summed E-state index contributed by atoms with van der Waals surface area (Å²) in [5, 5.41) is 5.00. The van der Waals surface area contributed by atoms with Crippen molar-refractivity contribution in [1.29, 1.82) is 0 Å². The van der Waals surface area contributed by atoms with Crippen molar-refractivity contribution in [3.8, 4) is 0 Å². The van der Waals surface area contributed by atoms with Crippen molar-refractivity contribution in [1.82, 2.24) is 4.90 Å². The molecule has 2 atom stereocenters. The van der Waals surface area contributed by atoms with Crippen LogP contribution in [0.25, 0.3) is 0 Å². The largest absolute Gasteiger partial charge is 0.374 e. The lowest BCUT2D eigenvalue weighted by Gasteiger charge is -2.39. The molecule has 2 rings (SSSR count). The van der Waals surface area contributed by atoms with E-state index in [1.165, 1.54) is 6.92 Å². The molecule has 1 aromatic rings. The van der Waals surface area contributed by atoms with Crippen LogP contribution in [0.1, 0.15) is 40.0 Å². The summed E-state index contributed by atoms with van der Waals surface area (Å²) in [6.45, 7) is 5.15. The summed E-state index contributed by atoms with van der Waals surface area (Å²) < 4.78 is 27.5. The molecule has 1 heterocycles. The molecule has 7 heteroatoms. The molecular weight excluding hydrogens is 316 g/mol. The molecule has 132 valence electrons. The molecule has 1 aromatic carbocycles. The molecule has 2 amide bonds. The van der Waals surface area contributed by atoms with Gasteiger partial charge in [0.15, 0.2) is 0 Å². The fourth-order valence-corrected chi connectivity index (χ4v) is 3.14. The van der Waals surface area contributed by atoms with E-state index in [1.807, 2.05) is 18.7 Å². The molecule has 0 spiro atoms. The van der Waals surface area contributed by atoms with Gasteiger partial charge in [0.25, 0.3) is 0 Å². The number of nitrogens with one attached hydrogen (secondary N) is 2. The molecule has 0 saturated carbocycles. The number of hydrogen-bond acceptors (Lipinski definition) is 3. The lowest BCUT2D eigenvalue weighted by molar-refractivity contribution is -0.135. The molecule has 0 radical (unpaired) electrons. The number of likely N-dealkylation sites (tertiary alicyclic amines) is 1. The summed E-state index contributed by atoms with van der Waals surface area (Å²) in [5.74, 6) is -2.26. The molecular formula is C17H23F2N3O2. The van der Waals surface area contributed by atoms with Gasteiger partial charge >= 0.3 is 0 Å². The summed E-state index contributed by atoms with van der Waals surface area (Å²) in [5.41, 5.74) is -0.149. The Balaban J connectivity index is 2.08. The second kappa shape index (κ2) is 7.59. The molecule has 24 heavy (non-hydrogen) atoms. The Morgan fingerprint density at radius 1 is 1.12 bits per heavy atom. The summed E-state index contributed by atoms with van der Waals surface area (Å²) in [4.78, 5) is 25.3.